The van der Waals surface area contributed by atoms with Gasteiger partial charge in [-0.1, -0.05) is 48.0 Å². The summed E-state index contributed by atoms with van der Waals surface area (Å²) in [6, 6.07) is 15.8. The van der Waals surface area contributed by atoms with Gasteiger partial charge in [-0.3, -0.25) is 9.59 Å². The van der Waals surface area contributed by atoms with Gasteiger partial charge in [0.2, 0.25) is 5.91 Å². The molecule has 0 aliphatic rings. The van der Waals surface area contributed by atoms with Crippen molar-refractivity contribution in [2.75, 3.05) is 5.32 Å². The molecule has 0 saturated heterocycles. The topological polar surface area (TPSA) is 70.6 Å². The van der Waals surface area contributed by atoms with Crippen molar-refractivity contribution in [3.05, 3.63) is 76.8 Å². The average Bonchev–Trinajstić information content (AvgIpc) is 2.72. The van der Waals surface area contributed by atoms with Crippen LogP contribution in [0.4, 0.5) is 18.9 Å². The van der Waals surface area contributed by atoms with E-state index in [0.717, 1.165) is 22.9 Å². The minimum atomic E-state index is -4.64. The van der Waals surface area contributed by atoms with E-state index in [4.69, 9.17) is 11.6 Å². The van der Waals surface area contributed by atoms with E-state index in [9.17, 15) is 22.8 Å². The SMILES string of the molecule is CC(CC(=O)Nc1ccc(Cl)c(C(F)(F)F)c1)=NNC(=O)c1cccc2ccccc12. The van der Waals surface area contributed by atoms with Crippen molar-refractivity contribution in [2.24, 2.45) is 5.10 Å². The van der Waals surface area contributed by atoms with Gasteiger partial charge in [-0.25, -0.2) is 5.43 Å². The summed E-state index contributed by atoms with van der Waals surface area (Å²) in [5, 5.41) is 7.48. The fraction of sp³-hybridized carbons (Fsp3) is 0.136. The van der Waals surface area contributed by atoms with Crippen LogP contribution in [0.5, 0.6) is 0 Å². The summed E-state index contributed by atoms with van der Waals surface area (Å²) in [6.07, 6.45) is -4.86. The van der Waals surface area contributed by atoms with E-state index in [-0.39, 0.29) is 17.8 Å². The van der Waals surface area contributed by atoms with E-state index in [2.05, 4.69) is 15.8 Å². The van der Waals surface area contributed by atoms with Crippen LogP contribution in [0.1, 0.15) is 29.3 Å². The van der Waals surface area contributed by atoms with E-state index in [1.807, 2.05) is 30.3 Å². The number of halogens is 4. The van der Waals surface area contributed by atoms with Crippen LogP contribution in [0.3, 0.4) is 0 Å². The molecule has 2 amide bonds. The Morgan fingerprint density at radius 2 is 1.74 bits per heavy atom. The molecule has 0 bridgehead atoms. The van der Waals surface area contributed by atoms with Gasteiger partial charge in [-0.15, -0.1) is 0 Å². The second kappa shape index (κ2) is 9.18. The lowest BCUT2D eigenvalue weighted by Gasteiger charge is -2.12. The monoisotopic (exact) mass is 447 g/mol. The predicted molar refractivity (Wildman–Crippen MR) is 114 cm³/mol. The van der Waals surface area contributed by atoms with Gasteiger partial charge < -0.3 is 5.32 Å². The molecule has 3 aromatic rings. The first-order valence-corrected chi connectivity index (χ1v) is 9.51. The van der Waals surface area contributed by atoms with Crippen molar-refractivity contribution in [3.63, 3.8) is 0 Å². The highest BCUT2D eigenvalue weighted by Crippen LogP contribution is 2.36. The number of nitrogens with zero attached hydrogens (tertiary/aromatic N) is 1. The number of carbonyl (C=O) groups excluding carboxylic acids is 2. The zero-order chi connectivity index (χ0) is 22.6. The smallest absolute Gasteiger partial charge is 0.326 e. The van der Waals surface area contributed by atoms with Gasteiger partial charge in [0, 0.05) is 17.0 Å². The largest absolute Gasteiger partial charge is 0.417 e. The van der Waals surface area contributed by atoms with E-state index >= 15 is 0 Å². The molecule has 5 nitrogen and oxygen atoms in total. The third kappa shape index (κ3) is 5.61. The Morgan fingerprint density at radius 1 is 1.03 bits per heavy atom. The maximum Gasteiger partial charge on any atom is 0.417 e. The third-order valence-electron chi connectivity index (χ3n) is 4.35. The molecule has 0 aliphatic carbocycles. The van der Waals surface area contributed by atoms with Crippen LogP contribution in [-0.2, 0) is 11.0 Å². The van der Waals surface area contributed by atoms with Crippen molar-refractivity contribution < 1.29 is 22.8 Å². The number of nitrogens with one attached hydrogen (secondary N) is 2. The molecule has 3 rings (SSSR count). The Kier molecular flexibility index (Phi) is 6.60. The summed E-state index contributed by atoms with van der Waals surface area (Å²) >= 11 is 5.57. The molecule has 3 aromatic carbocycles. The summed E-state index contributed by atoms with van der Waals surface area (Å²) in [4.78, 5) is 24.6. The number of benzene rings is 3. The fourth-order valence-electron chi connectivity index (χ4n) is 2.93. The minimum Gasteiger partial charge on any atom is -0.326 e. The number of hydrogen-bond donors (Lipinski definition) is 2. The van der Waals surface area contributed by atoms with Crippen molar-refractivity contribution in [1.82, 2.24) is 5.43 Å². The molecule has 160 valence electrons. The molecule has 2 N–H and O–H groups in total. The predicted octanol–water partition coefficient (Wildman–Crippen LogP) is 5.65. The standard InChI is InChI=1S/C22H17ClF3N3O2/c1-13(11-20(30)27-15-9-10-19(23)18(12-15)22(24,25)26)28-29-21(31)17-8-4-6-14-5-2-3-7-16(14)17/h2-10,12H,11H2,1H3,(H,27,30)(H,29,31). The molecule has 0 radical (unpaired) electrons. The first kappa shape index (κ1) is 22.3. The minimum absolute atomic E-state index is 0.0469. The molecule has 0 spiro atoms. The number of amides is 2. The first-order valence-electron chi connectivity index (χ1n) is 9.13. The van der Waals surface area contributed by atoms with Crippen LogP contribution >= 0.6 is 11.6 Å². The van der Waals surface area contributed by atoms with Crippen LogP contribution in [0.2, 0.25) is 5.02 Å². The van der Waals surface area contributed by atoms with Crippen LogP contribution in [0.15, 0.2) is 65.8 Å². The summed E-state index contributed by atoms with van der Waals surface area (Å²) in [5.74, 6) is -1.03. The highest BCUT2D eigenvalue weighted by atomic mass is 35.5. The molecule has 0 saturated carbocycles. The molecular weight excluding hydrogens is 431 g/mol. The number of anilines is 1. The Labute approximate surface area is 180 Å². The maximum absolute atomic E-state index is 12.9. The van der Waals surface area contributed by atoms with Crippen molar-refractivity contribution >= 4 is 45.6 Å². The van der Waals surface area contributed by atoms with Crippen LogP contribution in [0, 0.1) is 0 Å². The number of fused-ring (bicyclic) bond motifs is 1. The normalized spacial score (nSPS) is 12.0. The molecular formula is C22H17ClF3N3O2. The Hall–Kier alpha value is -3.39. The van der Waals surface area contributed by atoms with Crippen LogP contribution < -0.4 is 10.7 Å². The van der Waals surface area contributed by atoms with E-state index < -0.39 is 28.6 Å². The number of hydrogen-bond acceptors (Lipinski definition) is 3. The highest BCUT2D eigenvalue weighted by molar-refractivity contribution is 6.31. The number of rotatable bonds is 5. The lowest BCUT2D eigenvalue weighted by molar-refractivity contribution is -0.137. The van der Waals surface area contributed by atoms with Gasteiger partial charge >= 0.3 is 6.18 Å². The van der Waals surface area contributed by atoms with Crippen molar-refractivity contribution in [3.8, 4) is 0 Å². The van der Waals surface area contributed by atoms with E-state index in [1.54, 1.807) is 12.1 Å². The lowest BCUT2D eigenvalue weighted by Crippen LogP contribution is -2.21. The van der Waals surface area contributed by atoms with Gasteiger partial charge in [0.25, 0.3) is 5.91 Å². The van der Waals surface area contributed by atoms with Crippen molar-refractivity contribution in [2.45, 2.75) is 19.5 Å². The second-order valence-corrected chi connectivity index (χ2v) is 7.14. The quantitative estimate of drug-likeness (QED) is 0.392. The molecule has 0 aromatic heterocycles. The highest BCUT2D eigenvalue weighted by Gasteiger charge is 2.33. The molecule has 0 unspecified atom stereocenters. The second-order valence-electron chi connectivity index (χ2n) is 6.73. The first-order chi connectivity index (χ1) is 14.6. The fourth-order valence-corrected chi connectivity index (χ4v) is 3.15. The van der Waals surface area contributed by atoms with Crippen LogP contribution in [-0.4, -0.2) is 17.5 Å². The van der Waals surface area contributed by atoms with E-state index in [0.29, 0.717) is 5.56 Å². The van der Waals surface area contributed by atoms with Crippen molar-refractivity contribution in [1.29, 1.82) is 0 Å². The zero-order valence-electron chi connectivity index (χ0n) is 16.3. The molecule has 0 heterocycles. The summed E-state index contributed by atoms with van der Waals surface area (Å²) in [6.45, 7) is 1.52. The van der Waals surface area contributed by atoms with Gasteiger partial charge in [-0.2, -0.15) is 18.3 Å². The lowest BCUT2D eigenvalue weighted by atomic mass is 10.0. The molecule has 0 fully saturated rings. The average molecular weight is 448 g/mol. The summed E-state index contributed by atoms with van der Waals surface area (Å²) in [7, 11) is 0. The van der Waals surface area contributed by atoms with Gasteiger partial charge in [0.15, 0.2) is 0 Å². The number of carbonyl (C=O) groups is 2. The molecule has 0 aliphatic heterocycles. The Bertz CT molecular complexity index is 1170. The number of hydrazone groups is 1. The molecule has 9 heteroatoms. The van der Waals surface area contributed by atoms with Gasteiger partial charge in [0.05, 0.1) is 17.0 Å². The van der Waals surface area contributed by atoms with Gasteiger partial charge in [-0.05, 0) is 42.0 Å². The third-order valence-corrected chi connectivity index (χ3v) is 4.68. The zero-order valence-corrected chi connectivity index (χ0v) is 17.0. The molecule has 31 heavy (non-hydrogen) atoms. The van der Waals surface area contributed by atoms with Crippen LogP contribution in [0.25, 0.3) is 10.8 Å². The Balaban J connectivity index is 1.64. The number of alkyl halides is 3. The van der Waals surface area contributed by atoms with Gasteiger partial charge in [0.1, 0.15) is 0 Å². The summed E-state index contributed by atoms with van der Waals surface area (Å²) in [5.41, 5.74) is 2.02. The maximum atomic E-state index is 12.9. The molecule has 0 atom stereocenters. The summed E-state index contributed by atoms with van der Waals surface area (Å²) < 4.78 is 38.8. The van der Waals surface area contributed by atoms with E-state index in [1.165, 1.54) is 13.0 Å². The Morgan fingerprint density at radius 3 is 2.48 bits per heavy atom.